The highest BCUT2D eigenvalue weighted by molar-refractivity contribution is 7.85. The summed E-state index contributed by atoms with van der Waals surface area (Å²) in [4.78, 5) is 25.3. The minimum absolute atomic E-state index is 0.0249. The summed E-state index contributed by atoms with van der Waals surface area (Å²) in [6, 6.07) is 11.7. The number of halogens is 1. The van der Waals surface area contributed by atoms with Gasteiger partial charge < -0.3 is 0 Å². The molecule has 0 spiro atoms. The Morgan fingerprint density at radius 1 is 0.848 bits per heavy atom. The van der Waals surface area contributed by atoms with Crippen molar-refractivity contribution in [3.05, 3.63) is 85.6 Å². The van der Waals surface area contributed by atoms with E-state index in [0.717, 1.165) is 16.8 Å². The summed E-state index contributed by atoms with van der Waals surface area (Å²) in [5.41, 5.74) is 0.641. The van der Waals surface area contributed by atoms with Gasteiger partial charge in [0.1, 0.15) is 0 Å². The number of aryl methyl sites for hydroxylation is 2. The van der Waals surface area contributed by atoms with Crippen molar-refractivity contribution in [2.75, 3.05) is 0 Å². The molecule has 0 unspecified atom stereocenters. The number of nitrogens with zero attached hydrogens (tertiary/aromatic N) is 4. The van der Waals surface area contributed by atoms with Gasteiger partial charge in [-0.2, -0.15) is 8.42 Å². The second kappa shape index (κ2) is 8.31. The fourth-order valence-corrected chi connectivity index (χ4v) is 3.82. The van der Waals surface area contributed by atoms with Crippen LogP contribution in [0.3, 0.4) is 0 Å². The van der Waals surface area contributed by atoms with Crippen molar-refractivity contribution >= 4 is 33.1 Å². The summed E-state index contributed by atoms with van der Waals surface area (Å²) in [7, 11) is -4.36. The number of nitrogens with one attached hydrogen (secondary N) is 2. The molecule has 0 aliphatic heterocycles. The van der Waals surface area contributed by atoms with Crippen LogP contribution in [0.1, 0.15) is 11.4 Å². The molecule has 0 atom stereocenters. The van der Waals surface area contributed by atoms with E-state index < -0.39 is 21.2 Å². The predicted octanol–water partition coefficient (Wildman–Crippen LogP) is 3.58. The Labute approximate surface area is 191 Å². The maximum absolute atomic E-state index is 12.8. The molecule has 4 rings (SSSR count). The molecule has 0 aliphatic rings. The molecular weight excluding hydrogens is 472 g/mol. The smallest absolute Gasteiger partial charge is 0.293 e. The molecule has 0 radical (unpaired) electrons. The van der Waals surface area contributed by atoms with Crippen molar-refractivity contribution in [2.24, 2.45) is 10.2 Å². The van der Waals surface area contributed by atoms with E-state index in [1.165, 1.54) is 16.8 Å². The van der Waals surface area contributed by atoms with Crippen molar-refractivity contribution in [1.82, 2.24) is 19.6 Å². The third kappa shape index (κ3) is 4.31. The van der Waals surface area contributed by atoms with Crippen molar-refractivity contribution in [3.63, 3.8) is 0 Å². The third-order valence-electron chi connectivity index (χ3n) is 4.79. The molecule has 2 aromatic heterocycles. The Hall–Kier alpha value is -3.74. The van der Waals surface area contributed by atoms with Gasteiger partial charge in [-0.15, -0.1) is 10.2 Å². The van der Waals surface area contributed by atoms with Crippen LogP contribution >= 0.6 is 11.6 Å². The number of hydrogen-bond donors (Lipinski definition) is 3. The lowest BCUT2D eigenvalue weighted by Gasteiger charge is -2.02. The minimum Gasteiger partial charge on any atom is -0.293 e. The number of benzene rings is 2. The number of aromatic nitrogens is 4. The molecule has 0 fully saturated rings. The van der Waals surface area contributed by atoms with E-state index in [0.29, 0.717) is 27.8 Å². The Kier molecular flexibility index (Phi) is 5.66. The lowest BCUT2D eigenvalue weighted by atomic mass is 10.3. The van der Waals surface area contributed by atoms with Gasteiger partial charge in [0.05, 0.1) is 27.7 Å². The molecule has 11 nitrogen and oxygen atoms in total. The fourth-order valence-electron chi connectivity index (χ4n) is 3.16. The van der Waals surface area contributed by atoms with Gasteiger partial charge in [-0.25, -0.2) is 9.36 Å². The Balaban J connectivity index is 1.70. The van der Waals surface area contributed by atoms with Gasteiger partial charge in [0, 0.05) is 5.02 Å². The van der Waals surface area contributed by atoms with E-state index in [-0.39, 0.29) is 16.3 Å². The highest BCUT2D eigenvalue weighted by atomic mass is 35.5. The Bertz CT molecular complexity index is 1610. The monoisotopic (exact) mass is 488 g/mol. The first kappa shape index (κ1) is 22.5. The van der Waals surface area contributed by atoms with E-state index in [1.54, 1.807) is 38.1 Å². The van der Waals surface area contributed by atoms with Crippen LogP contribution < -0.4 is 11.1 Å². The number of azo groups is 1. The van der Waals surface area contributed by atoms with Gasteiger partial charge in [0.15, 0.2) is 11.4 Å². The summed E-state index contributed by atoms with van der Waals surface area (Å²) in [5, 5.41) is 14.2. The van der Waals surface area contributed by atoms with Crippen LogP contribution in [0.5, 0.6) is 0 Å². The fraction of sp³-hybridized carbons (Fsp3) is 0.100. The minimum atomic E-state index is -4.36. The number of H-pyrrole nitrogens is 2. The summed E-state index contributed by atoms with van der Waals surface area (Å²) < 4.78 is 33.9. The second-order valence-electron chi connectivity index (χ2n) is 7.10. The molecule has 13 heteroatoms. The standard InChI is InChI=1S/C20H17ClN6O5S/c1-11-17(19(28)26(24-11)14-6-8-16(9-7-14)33(30,31)32)22-23-18-12(2)25-27(20(18)29)15-5-3-4-13(21)10-15/h3-10,24-25H,1-2H3,(H,30,31,32). The molecule has 33 heavy (non-hydrogen) atoms. The zero-order valence-corrected chi connectivity index (χ0v) is 18.8. The van der Waals surface area contributed by atoms with E-state index in [4.69, 9.17) is 16.2 Å². The normalized spacial score (nSPS) is 12.0. The lowest BCUT2D eigenvalue weighted by Crippen LogP contribution is -2.14. The molecule has 3 N–H and O–H groups in total. The molecule has 2 aromatic carbocycles. The van der Waals surface area contributed by atoms with Crippen LogP contribution in [-0.2, 0) is 10.1 Å². The molecule has 170 valence electrons. The van der Waals surface area contributed by atoms with E-state index >= 15 is 0 Å². The van der Waals surface area contributed by atoms with Crippen LogP contribution in [-0.4, -0.2) is 32.5 Å². The average molecular weight is 489 g/mol. The third-order valence-corrected chi connectivity index (χ3v) is 5.89. The first-order valence-corrected chi connectivity index (χ1v) is 11.3. The first-order valence-electron chi connectivity index (χ1n) is 9.45. The Morgan fingerprint density at radius 2 is 1.36 bits per heavy atom. The summed E-state index contributed by atoms with van der Waals surface area (Å²) >= 11 is 6.00. The van der Waals surface area contributed by atoms with Crippen LogP contribution in [0, 0.1) is 13.8 Å². The zero-order chi connectivity index (χ0) is 23.9. The first-order chi connectivity index (χ1) is 15.6. The molecule has 0 saturated heterocycles. The van der Waals surface area contributed by atoms with Crippen LogP contribution in [0.4, 0.5) is 11.4 Å². The molecule has 0 aliphatic carbocycles. The molecule has 4 aromatic rings. The van der Waals surface area contributed by atoms with Crippen LogP contribution in [0.25, 0.3) is 11.4 Å². The topological polar surface area (TPSA) is 155 Å². The highest BCUT2D eigenvalue weighted by Crippen LogP contribution is 2.21. The van der Waals surface area contributed by atoms with Gasteiger partial charge in [-0.05, 0) is 56.3 Å². The van der Waals surface area contributed by atoms with Crippen LogP contribution in [0.15, 0.2) is 73.2 Å². The van der Waals surface area contributed by atoms with Crippen molar-refractivity contribution in [2.45, 2.75) is 18.7 Å². The summed E-state index contributed by atoms with van der Waals surface area (Å²) in [5.74, 6) is 0. The number of hydrogen-bond acceptors (Lipinski definition) is 6. The maximum Gasteiger partial charge on any atom is 0.299 e. The van der Waals surface area contributed by atoms with E-state index in [1.807, 2.05) is 0 Å². The molecule has 0 bridgehead atoms. The maximum atomic E-state index is 12.8. The number of aromatic amines is 2. The zero-order valence-electron chi connectivity index (χ0n) is 17.3. The van der Waals surface area contributed by atoms with Crippen LogP contribution in [0.2, 0.25) is 5.02 Å². The molecule has 0 amide bonds. The van der Waals surface area contributed by atoms with Gasteiger partial charge in [0.25, 0.3) is 21.2 Å². The lowest BCUT2D eigenvalue weighted by molar-refractivity contribution is 0.483. The molecular formula is C20H17ClN6O5S. The SMILES string of the molecule is Cc1[nH]n(-c2ccc(S(=O)(=O)O)cc2)c(=O)c1N=Nc1c(C)[nH]n(-c2cccc(Cl)c2)c1=O. The largest absolute Gasteiger partial charge is 0.299 e. The van der Waals surface area contributed by atoms with Gasteiger partial charge >= 0.3 is 0 Å². The summed E-state index contributed by atoms with van der Waals surface area (Å²) in [6.07, 6.45) is 0. The van der Waals surface area contributed by atoms with Crippen molar-refractivity contribution < 1.29 is 13.0 Å². The van der Waals surface area contributed by atoms with E-state index in [9.17, 15) is 18.0 Å². The van der Waals surface area contributed by atoms with E-state index in [2.05, 4.69) is 20.4 Å². The van der Waals surface area contributed by atoms with Gasteiger partial charge in [-0.1, -0.05) is 17.7 Å². The average Bonchev–Trinajstić information content (AvgIpc) is 3.21. The molecule has 0 saturated carbocycles. The van der Waals surface area contributed by atoms with Crippen molar-refractivity contribution in [1.29, 1.82) is 0 Å². The van der Waals surface area contributed by atoms with Gasteiger partial charge in [-0.3, -0.25) is 24.3 Å². The van der Waals surface area contributed by atoms with Crippen molar-refractivity contribution in [3.8, 4) is 11.4 Å². The number of rotatable bonds is 5. The van der Waals surface area contributed by atoms with Gasteiger partial charge in [0.2, 0.25) is 0 Å². The highest BCUT2D eigenvalue weighted by Gasteiger charge is 2.16. The second-order valence-corrected chi connectivity index (χ2v) is 8.96. The molecule has 2 heterocycles. The summed E-state index contributed by atoms with van der Waals surface area (Å²) in [6.45, 7) is 3.25. The predicted molar refractivity (Wildman–Crippen MR) is 121 cm³/mol. The quantitative estimate of drug-likeness (QED) is 0.289. The Morgan fingerprint density at radius 3 is 1.85 bits per heavy atom.